The van der Waals surface area contributed by atoms with E-state index >= 15 is 0 Å². The van der Waals surface area contributed by atoms with Crippen molar-refractivity contribution in [2.45, 2.75) is 25.7 Å². The number of amides is 2. The van der Waals surface area contributed by atoms with Crippen LogP contribution in [0.2, 0.25) is 5.02 Å². The summed E-state index contributed by atoms with van der Waals surface area (Å²) in [5.41, 5.74) is 0.961. The molecule has 0 radical (unpaired) electrons. The average Bonchev–Trinajstić information content (AvgIpc) is 2.72. The summed E-state index contributed by atoms with van der Waals surface area (Å²) >= 11 is 5.75. The average molecular weight is 307 g/mol. The molecule has 6 nitrogen and oxygen atoms in total. The van der Waals surface area contributed by atoms with Crippen molar-refractivity contribution >= 4 is 34.8 Å². The topological polar surface area (TPSA) is 80.5 Å². The van der Waals surface area contributed by atoms with Crippen LogP contribution in [0, 0.1) is 10.1 Å². The Kier molecular flexibility index (Phi) is 3.25. The first-order valence-electron chi connectivity index (χ1n) is 6.55. The molecule has 0 aromatic heterocycles. The molecule has 1 aliphatic carbocycles. The molecule has 1 aromatic rings. The predicted molar refractivity (Wildman–Crippen MR) is 76.1 cm³/mol. The van der Waals surface area contributed by atoms with Crippen LogP contribution in [0.4, 0.5) is 11.4 Å². The predicted octanol–water partition coefficient (Wildman–Crippen LogP) is 2.99. The van der Waals surface area contributed by atoms with Crippen LogP contribution in [0.5, 0.6) is 0 Å². The summed E-state index contributed by atoms with van der Waals surface area (Å²) in [6.45, 7) is 0. The fourth-order valence-corrected chi connectivity index (χ4v) is 2.94. The zero-order valence-corrected chi connectivity index (χ0v) is 11.7. The third-order valence-corrected chi connectivity index (χ3v) is 4.09. The molecule has 0 fully saturated rings. The van der Waals surface area contributed by atoms with Gasteiger partial charge in [-0.15, -0.1) is 0 Å². The number of benzene rings is 1. The number of carbonyl (C=O) groups is 2. The van der Waals surface area contributed by atoms with E-state index in [4.69, 9.17) is 11.6 Å². The summed E-state index contributed by atoms with van der Waals surface area (Å²) < 4.78 is 0. The third kappa shape index (κ3) is 2.12. The summed E-state index contributed by atoms with van der Waals surface area (Å²) in [6, 6.07) is 3.94. The number of nitrogens with zero attached hydrogens (tertiary/aromatic N) is 2. The van der Waals surface area contributed by atoms with Crippen molar-refractivity contribution in [2.75, 3.05) is 4.90 Å². The van der Waals surface area contributed by atoms with Crippen LogP contribution in [0.3, 0.4) is 0 Å². The molecule has 0 saturated carbocycles. The first-order chi connectivity index (χ1) is 10.0. The van der Waals surface area contributed by atoms with Crippen molar-refractivity contribution in [1.82, 2.24) is 0 Å². The molecule has 0 N–H and O–H groups in total. The lowest BCUT2D eigenvalue weighted by Crippen LogP contribution is -2.31. The summed E-state index contributed by atoms with van der Waals surface area (Å²) in [6.07, 6.45) is 2.94. The van der Waals surface area contributed by atoms with Crippen LogP contribution in [0.15, 0.2) is 29.3 Å². The van der Waals surface area contributed by atoms with Gasteiger partial charge in [0.15, 0.2) is 0 Å². The lowest BCUT2D eigenvalue weighted by Gasteiger charge is -2.15. The molecule has 0 saturated heterocycles. The fourth-order valence-electron chi connectivity index (χ4n) is 2.75. The van der Waals surface area contributed by atoms with Gasteiger partial charge in [-0.2, -0.15) is 0 Å². The monoisotopic (exact) mass is 306 g/mol. The van der Waals surface area contributed by atoms with Gasteiger partial charge in [-0.25, -0.2) is 4.90 Å². The first kappa shape index (κ1) is 13.8. The molecule has 3 rings (SSSR count). The molecule has 0 unspecified atom stereocenters. The Morgan fingerprint density at radius 3 is 2.19 bits per heavy atom. The normalized spacial score (nSPS) is 18.2. The van der Waals surface area contributed by atoms with Crippen LogP contribution in [-0.4, -0.2) is 16.7 Å². The maximum absolute atomic E-state index is 12.4. The second-order valence-electron chi connectivity index (χ2n) is 5.00. The van der Waals surface area contributed by atoms with Gasteiger partial charge in [0.1, 0.15) is 5.02 Å². The Morgan fingerprint density at radius 2 is 1.67 bits per heavy atom. The maximum atomic E-state index is 12.4. The molecule has 2 aliphatic rings. The van der Waals surface area contributed by atoms with E-state index in [1.165, 1.54) is 12.1 Å². The van der Waals surface area contributed by atoms with Crippen molar-refractivity contribution in [2.24, 2.45) is 0 Å². The second kappa shape index (κ2) is 4.96. The molecule has 0 atom stereocenters. The van der Waals surface area contributed by atoms with Crippen molar-refractivity contribution < 1.29 is 14.5 Å². The smallest absolute Gasteiger partial charge is 0.269 e. The van der Waals surface area contributed by atoms with E-state index in [9.17, 15) is 19.7 Å². The standard InChI is InChI=1S/C14H11ClN2O4/c15-11-6-5-8(7-12(11)17(20)21)16-13(18)9-3-1-2-4-10(9)14(16)19/h5-7H,1-4H2. The van der Waals surface area contributed by atoms with Crippen molar-refractivity contribution in [3.63, 3.8) is 0 Å². The first-order valence-corrected chi connectivity index (χ1v) is 6.93. The molecule has 0 bridgehead atoms. The minimum absolute atomic E-state index is 0.0273. The van der Waals surface area contributed by atoms with Crippen molar-refractivity contribution in [1.29, 1.82) is 0 Å². The number of halogens is 1. The van der Waals surface area contributed by atoms with E-state index in [-0.39, 0.29) is 28.2 Å². The van der Waals surface area contributed by atoms with Crippen LogP contribution < -0.4 is 4.90 Å². The van der Waals surface area contributed by atoms with E-state index in [2.05, 4.69) is 0 Å². The van der Waals surface area contributed by atoms with E-state index < -0.39 is 4.92 Å². The molecule has 1 aromatic carbocycles. The Labute approximate surface area is 125 Å². The van der Waals surface area contributed by atoms with Crippen LogP contribution >= 0.6 is 11.6 Å². The lowest BCUT2D eigenvalue weighted by molar-refractivity contribution is -0.384. The number of carbonyl (C=O) groups excluding carboxylic acids is 2. The highest BCUT2D eigenvalue weighted by Crippen LogP contribution is 2.37. The molecular weight excluding hydrogens is 296 g/mol. The quantitative estimate of drug-likeness (QED) is 0.478. The fraction of sp³-hybridized carbons (Fsp3) is 0.286. The Bertz CT molecular complexity index is 683. The summed E-state index contributed by atoms with van der Waals surface area (Å²) in [5, 5.41) is 10.9. The SMILES string of the molecule is O=C1C2=C(CCCC2)C(=O)N1c1ccc(Cl)c([N+](=O)[O-])c1. The lowest BCUT2D eigenvalue weighted by atomic mass is 9.93. The van der Waals surface area contributed by atoms with Crippen molar-refractivity contribution in [3.8, 4) is 0 Å². The Morgan fingerprint density at radius 1 is 1.10 bits per heavy atom. The van der Waals surface area contributed by atoms with Gasteiger partial charge in [0, 0.05) is 17.2 Å². The van der Waals surface area contributed by atoms with Gasteiger partial charge in [-0.05, 0) is 37.8 Å². The molecule has 0 spiro atoms. The number of hydrogen-bond acceptors (Lipinski definition) is 4. The molecule has 7 heteroatoms. The molecule has 108 valence electrons. The highest BCUT2D eigenvalue weighted by atomic mass is 35.5. The maximum Gasteiger partial charge on any atom is 0.289 e. The van der Waals surface area contributed by atoms with E-state index in [0.29, 0.717) is 24.0 Å². The van der Waals surface area contributed by atoms with E-state index in [1.807, 2.05) is 0 Å². The van der Waals surface area contributed by atoms with E-state index in [1.54, 1.807) is 0 Å². The molecule has 1 aliphatic heterocycles. The molecular formula is C14H11ClN2O4. The number of hydrogen-bond donors (Lipinski definition) is 0. The van der Waals surface area contributed by atoms with E-state index in [0.717, 1.165) is 23.8 Å². The summed E-state index contributed by atoms with van der Waals surface area (Å²) in [4.78, 5) is 36.0. The minimum atomic E-state index is -0.635. The van der Waals surface area contributed by atoms with Gasteiger partial charge in [-0.3, -0.25) is 19.7 Å². The van der Waals surface area contributed by atoms with Gasteiger partial charge < -0.3 is 0 Å². The number of rotatable bonds is 2. The molecule has 2 amide bonds. The number of anilines is 1. The second-order valence-corrected chi connectivity index (χ2v) is 5.41. The Balaban J connectivity index is 2.03. The van der Waals surface area contributed by atoms with Crippen LogP contribution in [0.1, 0.15) is 25.7 Å². The van der Waals surface area contributed by atoms with Gasteiger partial charge in [0.2, 0.25) is 0 Å². The summed E-state index contributed by atoms with van der Waals surface area (Å²) in [7, 11) is 0. The molecule has 21 heavy (non-hydrogen) atoms. The largest absolute Gasteiger partial charge is 0.289 e. The van der Waals surface area contributed by atoms with Gasteiger partial charge in [0.05, 0.1) is 10.6 Å². The van der Waals surface area contributed by atoms with Crippen LogP contribution in [-0.2, 0) is 9.59 Å². The van der Waals surface area contributed by atoms with Gasteiger partial charge in [-0.1, -0.05) is 11.6 Å². The molecule has 1 heterocycles. The number of nitro groups is 1. The third-order valence-electron chi connectivity index (χ3n) is 3.77. The minimum Gasteiger partial charge on any atom is -0.269 e. The van der Waals surface area contributed by atoms with Gasteiger partial charge in [0.25, 0.3) is 17.5 Å². The zero-order chi connectivity index (χ0) is 15.1. The Hall–Kier alpha value is -2.21. The number of nitro benzene ring substituents is 1. The number of imide groups is 1. The summed E-state index contributed by atoms with van der Waals surface area (Å²) in [5.74, 6) is -0.738. The zero-order valence-electron chi connectivity index (χ0n) is 11.0. The highest BCUT2D eigenvalue weighted by Gasteiger charge is 2.40. The van der Waals surface area contributed by atoms with Gasteiger partial charge >= 0.3 is 0 Å². The van der Waals surface area contributed by atoms with Crippen molar-refractivity contribution in [3.05, 3.63) is 44.5 Å². The van der Waals surface area contributed by atoms with Crippen LogP contribution in [0.25, 0.3) is 0 Å². The highest BCUT2D eigenvalue weighted by molar-refractivity contribution is 6.34.